The Kier molecular flexibility index (Phi) is 5.24. The van der Waals surface area contributed by atoms with Gasteiger partial charge in [-0.05, 0) is 74.4 Å². The number of rotatable bonds is 2. The smallest absolute Gasteiger partial charge is 0.415 e. The Hall–Kier alpha value is -1.35. The number of ether oxygens (including phenoxy) is 2. The maximum Gasteiger partial charge on any atom is 0.415 e. The number of hydrogen-bond donors (Lipinski definition) is 1. The van der Waals surface area contributed by atoms with Crippen molar-refractivity contribution in [2.45, 2.75) is 45.3 Å². The van der Waals surface area contributed by atoms with Gasteiger partial charge in [0.25, 0.3) is 0 Å². The van der Waals surface area contributed by atoms with Crippen molar-refractivity contribution >= 4 is 45.3 Å². The molecule has 0 spiro atoms. The van der Waals surface area contributed by atoms with E-state index in [9.17, 15) is 9.18 Å². The van der Waals surface area contributed by atoms with Gasteiger partial charge in [-0.15, -0.1) is 0 Å². The van der Waals surface area contributed by atoms with Gasteiger partial charge in [-0.1, -0.05) is 0 Å². The lowest BCUT2D eigenvalue weighted by Crippen LogP contribution is -2.46. The van der Waals surface area contributed by atoms with Crippen LogP contribution in [0.3, 0.4) is 0 Å². The van der Waals surface area contributed by atoms with Crippen LogP contribution in [0.5, 0.6) is 0 Å². The molecule has 0 radical (unpaired) electrons. The van der Waals surface area contributed by atoms with Crippen LogP contribution >= 0.6 is 22.6 Å². The molecule has 1 aromatic heterocycles. The summed E-state index contributed by atoms with van der Waals surface area (Å²) in [6.45, 7) is 6.63. The van der Waals surface area contributed by atoms with Gasteiger partial charge in [0.1, 0.15) is 11.4 Å². The summed E-state index contributed by atoms with van der Waals surface area (Å²) in [6.07, 6.45) is 0.930. The third-order valence-corrected chi connectivity index (χ3v) is 4.63. The van der Waals surface area contributed by atoms with E-state index in [1.807, 2.05) is 26.8 Å². The zero-order valence-electron chi connectivity index (χ0n) is 14.6. The van der Waals surface area contributed by atoms with Crippen LogP contribution in [-0.4, -0.2) is 35.9 Å². The summed E-state index contributed by atoms with van der Waals surface area (Å²) in [5.74, 6) is -0.388. The summed E-state index contributed by atoms with van der Waals surface area (Å²) >= 11 is 2.15. The Bertz CT molecular complexity index is 778. The lowest BCUT2D eigenvalue weighted by Gasteiger charge is -2.35. The van der Waals surface area contributed by atoms with E-state index in [0.29, 0.717) is 37.3 Å². The third kappa shape index (κ3) is 4.25. The van der Waals surface area contributed by atoms with Crippen molar-refractivity contribution < 1.29 is 18.7 Å². The van der Waals surface area contributed by atoms with Crippen molar-refractivity contribution in [2.75, 3.05) is 18.1 Å². The number of carbonyl (C=O) groups excluding carboxylic acids is 1. The van der Waals surface area contributed by atoms with Crippen molar-refractivity contribution in [3.8, 4) is 0 Å². The molecule has 3 rings (SSSR count). The van der Waals surface area contributed by atoms with Crippen molar-refractivity contribution in [2.24, 2.45) is 0 Å². The number of H-pyrrole nitrogens is 1. The highest BCUT2D eigenvalue weighted by Crippen LogP contribution is 2.34. The van der Waals surface area contributed by atoms with Crippen LogP contribution in [0, 0.1) is 9.52 Å². The number of nitrogens with one attached hydrogen (secondary N) is 1. The number of carbonyl (C=O) groups is 1. The van der Waals surface area contributed by atoms with Crippen LogP contribution < -0.4 is 4.90 Å². The Labute approximate surface area is 160 Å². The third-order valence-electron chi connectivity index (χ3n) is 4.05. The molecule has 0 bridgehead atoms. The lowest BCUT2D eigenvalue weighted by molar-refractivity contribution is 0.0487. The second-order valence-electron chi connectivity index (χ2n) is 7.20. The maximum absolute atomic E-state index is 14.2. The van der Waals surface area contributed by atoms with Crippen LogP contribution in [0.4, 0.5) is 14.9 Å². The van der Waals surface area contributed by atoms with E-state index in [1.165, 1.54) is 12.1 Å². The Morgan fingerprint density at radius 3 is 2.64 bits per heavy atom. The number of benzene rings is 1. The fraction of sp³-hybridized carbons (Fsp3) is 0.500. The Morgan fingerprint density at radius 1 is 1.32 bits per heavy atom. The molecule has 1 amide bonds. The molecule has 1 fully saturated rings. The highest BCUT2D eigenvalue weighted by Gasteiger charge is 2.32. The van der Waals surface area contributed by atoms with E-state index in [4.69, 9.17) is 9.47 Å². The maximum atomic E-state index is 14.2. The second-order valence-corrected chi connectivity index (χ2v) is 8.36. The van der Waals surface area contributed by atoms with Crippen LogP contribution in [-0.2, 0) is 9.47 Å². The van der Waals surface area contributed by atoms with Crippen LogP contribution in [0.25, 0.3) is 10.9 Å². The van der Waals surface area contributed by atoms with E-state index in [0.717, 1.165) is 9.09 Å². The van der Waals surface area contributed by atoms with Gasteiger partial charge in [0.15, 0.2) is 0 Å². The number of fused-ring (bicyclic) bond motifs is 1. The van der Waals surface area contributed by atoms with Crippen molar-refractivity contribution in [3.05, 3.63) is 27.7 Å². The van der Waals surface area contributed by atoms with Crippen LogP contribution in [0.1, 0.15) is 33.6 Å². The Morgan fingerprint density at radius 2 is 2.00 bits per heavy atom. The summed E-state index contributed by atoms with van der Waals surface area (Å²) in [4.78, 5) is 17.7. The summed E-state index contributed by atoms with van der Waals surface area (Å²) in [7, 11) is 0. The lowest BCUT2D eigenvalue weighted by atomic mass is 10.1. The fourth-order valence-electron chi connectivity index (χ4n) is 3.05. The molecular weight excluding hydrogens is 438 g/mol. The van der Waals surface area contributed by atoms with Crippen molar-refractivity contribution in [3.63, 3.8) is 0 Å². The normalized spacial score (nSPS) is 16.2. The van der Waals surface area contributed by atoms with Gasteiger partial charge >= 0.3 is 6.09 Å². The van der Waals surface area contributed by atoms with Gasteiger partial charge in [-0.25, -0.2) is 9.18 Å². The SMILES string of the molecule is CC(C)(C)OC(=O)N(c1cc(F)cc2[nH]c(I)cc12)C1CCOCC1. The van der Waals surface area contributed by atoms with E-state index in [2.05, 4.69) is 27.6 Å². The van der Waals surface area contributed by atoms with Gasteiger partial charge in [-0.2, -0.15) is 0 Å². The minimum atomic E-state index is -0.625. The number of amides is 1. The predicted molar refractivity (Wildman–Crippen MR) is 104 cm³/mol. The zero-order chi connectivity index (χ0) is 18.2. The standard InChI is InChI=1S/C18H22FIN2O3/c1-18(2,3)25-17(23)22(12-4-6-24-7-5-12)15-9-11(19)8-14-13(15)10-16(20)21-14/h8-10,12,21H,4-7H2,1-3H3. The molecule has 0 aliphatic carbocycles. The molecule has 5 nitrogen and oxygen atoms in total. The van der Waals surface area contributed by atoms with Crippen molar-refractivity contribution in [1.29, 1.82) is 0 Å². The molecule has 1 aromatic carbocycles. The van der Waals surface area contributed by atoms with Gasteiger partial charge < -0.3 is 14.5 Å². The first kappa shape index (κ1) is 18.4. The average molecular weight is 460 g/mol. The van der Waals surface area contributed by atoms with Crippen LogP contribution in [0.2, 0.25) is 0 Å². The molecule has 0 unspecified atom stereocenters. The number of aromatic nitrogens is 1. The molecule has 1 N–H and O–H groups in total. The summed E-state index contributed by atoms with van der Waals surface area (Å²) in [5, 5.41) is 0.808. The first-order chi connectivity index (χ1) is 11.7. The molecule has 1 aliphatic heterocycles. The molecule has 1 saturated heterocycles. The highest BCUT2D eigenvalue weighted by atomic mass is 127. The molecular formula is C18H22FIN2O3. The molecule has 1 aliphatic rings. The van der Waals surface area contributed by atoms with Gasteiger partial charge in [0.05, 0.1) is 14.9 Å². The van der Waals surface area contributed by atoms with Crippen LogP contribution in [0.15, 0.2) is 18.2 Å². The minimum Gasteiger partial charge on any atom is -0.443 e. The second kappa shape index (κ2) is 7.11. The fourth-order valence-corrected chi connectivity index (χ4v) is 3.65. The zero-order valence-corrected chi connectivity index (χ0v) is 16.7. The summed E-state index contributed by atoms with van der Waals surface area (Å²) in [5.41, 5.74) is 0.579. The van der Waals surface area contributed by atoms with Gasteiger partial charge in [0, 0.05) is 24.6 Å². The topological polar surface area (TPSA) is 54.6 Å². The van der Waals surface area contributed by atoms with E-state index in [1.54, 1.807) is 4.90 Å². The summed E-state index contributed by atoms with van der Waals surface area (Å²) in [6, 6.07) is 4.69. The van der Waals surface area contributed by atoms with E-state index in [-0.39, 0.29) is 11.9 Å². The summed E-state index contributed by atoms with van der Waals surface area (Å²) < 4.78 is 26.1. The number of anilines is 1. The molecule has 7 heteroatoms. The van der Waals surface area contributed by atoms with E-state index < -0.39 is 11.7 Å². The van der Waals surface area contributed by atoms with Gasteiger partial charge in [-0.3, -0.25) is 4.90 Å². The largest absolute Gasteiger partial charge is 0.443 e. The monoisotopic (exact) mass is 460 g/mol. The number of halogens is 2. The van der Waals surface area contributed by atoms with Crippen molar-refractivity contribution in [1.82, 2.24) is 4.98 Å². The molecule has 136 valence electrons. The van der Waals surface area contributed by atoms with E-state index >= 15 is 0 Å². The quantitative estimate of drug-likeness (QED) is 0.654. The number of hydrogen-bond acceptors (Lipinski definition) is 3. The highest BCUT2D eigenvalue weighted by molar-refractivity contribution is 14.1. The first-order valence-electron chi connectivity index (χ1n) is 8.32. The van der Waals surface area contributed by atoms with Gasteiger partial charge in [0.2, 0.25) is 0 Å². The first-order valence-corrected chi connectivity index (χ1v) is 9.40. The molecule has 2 aromatic rings. The molecule has 0 saturated carbocycles. The predicted octanol–water partition coefficient (Wildman–Crippen LogP) is 4.83. The molecule has 2 heterocycles. The molecule has 25 heavy (non-hydrogen) atoms. The molecule has 0 atom stereocenters. The Balaban J connectivity index is 2.09. The number of aromatic amines is 1. The average Bonchev–Trinajstić information content (AvgIpc) is 2.87. The minimum absolute atomic E-state index is 0.0823. The number of nitrogens with zero attached hydrogens (tertiary/aromatic N) is 1.